The van der Waals surface area contributed by atoms with E-state index in [2.05, 4.69) is 39.3 Å². The fraction of sp³-hybridized carbons (Fsp3) is 0.450. The molecule has 2 aromatic heterocycles. The minimum atomic E-state index is -1.20. The minimum absolute atomic E-state index is 0.0679. The highest BCUT2D eigenvalue weighted by atomic mass is 16.6. The van der Waals surface area contributed by atoms with Gasteiger partial charge in [0.05, 0.1) is 19.0 Å². The van der Waals surface area contributed by atoms with E-state index in [-0.39, 0.29) is 12.6 Å². The van der Waals surface area contributed by atoms with Crippen LogP contribution in [-0.4, -0.2) is 59.8 Å². The highest BCUT2D eigenvalue weighted by Crippen LogP contribution is 2.33. The van der Waals surface area contributed by atoms with Gasteiger partial charge in [-0.15, -0.1) is 0 Å². The molecule has 0 aliphatic carbocycles. The van der Waals surface area contributed by atoms with Crippen molar-refractivity contribution in [2.75, 3.05) is 11.9 Å². The monoisotopic (exact) mass is 399 g/mol. The first-order chi connectivity index (χ1) is 14.1. The van der Waals surface area contributed by atoms with Crippen molar-refractivity contribution in [1.82, 2.24) is 19.5 Å². The molecule has 0 radical (unpaired) electrons. The van der Waals surface area contributed by atoms with E-state index in [0.717, 1.165) is 18.4 Å². The lowest BCUT2D eigenvalue weighted by Crippen LogP contribution is -2.33. The van der Waals surface area contributed by atoms with E-state index in [4.69, 9.17) is 4.74 Å². The summed E-state index contributed by atoms with van der Waals surface area (Å²) in [5, 5.41) is 33.2. The van der Waals surface area contributed by atoms with Crippen LogP contribution in [-0.2, 0) is 4.74 Å². The third-order valence-electron chi connectivity index (χ3n) is 5.24. The average Bonchev–Trinajstić information content (AvgIpc) is 3.30. The Kier molecular flexibility index (Phi) is 5.72. The molecule has 1 unspecified atom stereocenters. The van der Waals surface area contributed by atoms with Gasteiger partial charge in [0.15, 0.2) is 23.2 Å². The third kappa shape index (κ3) is 3.69. The Morgan fingerprint density at radius 1 is 1.14 bits per heavy atom. The summed E-state index contributed by atoms with van der Waals surface area (Å²) in [7, 11) is 0. The molecule has 0 saturated carbocycles. The average molecular weight is 399 g/mol. The summed E-state index contributed by atoms with van der Waals surface area (Å²) < 4.78 is 7.17. The van der Waals surface area contributed by atoms with Crippen molar-refractivity contribution in [3.8, 4) is 0 Å². The number of hydrogen-bond acceptors (Lipinski definition) is 8. The smallest absolute Gasteiger partial charge is 0.167 e. The first kappa shape index (κ1) is 19.7. The molecule has 1 fully saturated rings. The van der Waals surface area contributed by atoms with Crippen LogP contribution in [0.25, 0.3) is 11.2 Å². The van der Waals surface area contributed by atoms with E-state index in [1.54, 1.807) is 4.57 Å². The SMILES string of the molecule is CCCC(Nc1ncnc2c1ncn2[C@@H]1O[C@H](CO)[C@@H](O)[C@H]1O)c1ccccc1. The number of rotatable bonds is 7. The number of benzene rings is 1. The Labute approximate surface area is 168 Å². The summed E-state index contributed by atoms with van der Waals surface area (Å²) in [6, 6.07) is 10.2. The summed E-state index contributed by atoms with van der Waals surface area (Å²) in [4.78, 5) is 13.1. The molecule has 0 spiro atoms. The lowest BCUT2D eigenvalue weighted by molar-refractivity contribution is -0.0511. The van der Waals surface area contributed by atoms with Crippen LogP contribution in [0.3, 0.4) is 0 Å². The maximum Gasteiger partial charge on any atom is 0.167 e. The zero-order valence-electron chi connectivity index (χ0n) is 16.1. The molecule has 1 aromatic carbocycles. The van der Waals surface area contributed by atoms with Gasteiger partial charge in [0.2, 0.25) is 0 Å². The van der Waals surface area contributed by atoms with Gasteiger partial charge in [0.1, 0.15) is 24.6 Å². The number of imidazole rings is 1. The summed E-state index contributed by atoms with van der Waals surface area (Å²) >= 11 is 0. The van der Waals surface area contributed by atoms with Crippen molar-refractivity contribution < 1.29 is 20.1 Å². The van der Waals surface area contributed by atoms with Crippen LogP contribution in [0.15, 0.2) is 43.0 Å². The quantitative estimate of drug-likeness (QED) is 0.470. The number of anilines is 1. The van der Waals surface area contributed by atoms with Crippen molar-refractivity contribution in [1.29, 1.82) is 0 Å². The van der Waals surface area contributed by atoms with Crippen LogP contribution in [0.1, 0.15) is 37.6 Å². The Morgan fingerprint density at radius 2 is 1.93 bits per heavy atom. The molecular weight excluding hydrogens is 374 g/mol. The van der Waals surface area contributed by atoms with E-state index in [9.17, 15) is 15.3 Å². The molecule has 1 aliphatic rings. The van der Waals surface area contributed by atoms with Crippen molar-refractivity contribution >= 4 is 17.0 Å². The van der Waals surface area contributed by atoms with Crippen LogP contribution in [0.2, 0.25) is 0 Å². The third-order valence-corrected chi connectivity index (χ3v) is 5.24. The second-order valence-electron chi connectivity index (χ2n) is 7.17. The molecule has 9 heteroatoms. The molecule has 4 rings (SSSR count). The first-order valence-electron chi connectivity index (χ1n) is 9.75. The van der Waals surface area contributed by atoms with Gasteiger partial charge in [-0.05, 0) is 12.0 Å². The van der Waals surface area contributed by atoms with Crippen molar-refractivity contribution in [2.24, 2.45) is 0 Å². The van der Waals surface area contributed by atoms with E-state index in [0.29, 0.717) is 17.0 Å². The fourth-order valence-corrected chi connectivity index (χ4v) is 3.71. The lowest BCUT2D eigenvalue weighted by Gasteiger charge is -2.20. The van der Waals surface area contributed by atoms with Crippen LogP contribution < -0.4 is 5.32 Å². The molecule has 1 saturated heterocycles. The molecule has 0 bridgehead atoms. The van der Waals surface area contributed by atoms with Gasteiger partial charge in [-0.2, -0.15) is 0 Å². The van der Waals surface area contributed by atoms with Gasteiger partial charge in [0, 0.05) is 0 Å². The summed E-state index contributed by atoms with van der Waals surface area (Å²) in [6.07, 6.45) is 0.708. The molecule has 5 atom stereocenters. The van der Waals surface area contributed by atoms with Gasteiger partial charge < -0.3 is 25.4 Å². The van der Waals surface area contributed by atoms with Crippen molar-refractivity contribution in [3.63, 3.8) is 0 Å². The Morgan fingerprint density at radius 3 is 2.62 bits per heavy atom. The standard InChI is InChI=1S/C20H25N5O4/c1-2-6-13(12-7-4-3-5-8-12)24-18-15-19(22-10-21-18)25(11-23-15)20-17(28)16(27)14(9-26)29-20/h3-5,7-8,10-11,13-14,16-17,20,26-28H,2,6,9H2,1H3,(H,21,22,24)/t13?,14-,16-,17-,20-/m1/s1. The number of aromatic nitrogens is 4. The molecular formula is C20H25N5O4. The molecule has 29 heavy (non-hydrogen) atoms. The van der Waals surface area contributed by atoms with Crippen LogP contribution in [0, 0.1) is 0 Å². The predicted octanol–water partition coefficient (Wildman–Crippen LogP) is 1.39. The van der Waals surface area contributed by atoms with Crippen LogP contribution >= 0.6 is 0 Å². The molecule has 4 N–H and O–H groups in total. The molecule has 1 aliphatic heterocycles. The first-order valence-corrected chi connectivity index (χ1v) is 9.75. The number of ether oxygens (including phenoxy) is 1. The summed E-state index contributed by atoms with van der Waals surface area (Å²) in [5.41, 5.74) is 2.17. The molecule has 3 heterocycles. The number of nitrogens with zero attached hydrogens (tertiary/aromatic N) is 4. The van der Waals surface area contributed by atoms with Gasteiger partial charge in [-0.3, -0.25) is 4.57 Å². The van der Waals surface area contributed by atoms with Crippen LogP contribution in [0.4, 0.5) is 5.82 Å². The van der Waals surface area contributed by atoms with Crippen molar-refractivity contribution in [2.45, 2.75) is 50.3 Å². The number of aliphatic hydroxyl groups excluding tert-OH is 3. The Balaban J connectivity index is 1.66. The van der Waals surface area contributed by atoms with Gasteiger partial charge in [0.25, 0.3) is 0 Å². The van der Waals surface area contributed by atoms with E-state index < -0.39 is 24.5 Å². The largest absolute Gasteiger partial charge is 0.394 e. The van der Waals surface area contributed by atoms with E-state index >= 15 is 0 Å². The fourth-order valence-electron chi connectivity index (χ4n) is 3.71. The predicted molar refractivity (Wildman–Crippen MR) is 106 cm³/mol. The minimum Gasteiger partial charge on any atom is -0.394 e. The maximum absolute atomic E-state index is 10.3. The highest BCUT2D eigenvalue weighted by Gasteiger charge is 2.44. The van der Waals surface area contributed by atoms with E-state index in [1.807, 2.05) is 18.2 Å². The molecule has 0 amide bonds. The second kappa shape index (κ2) is 8.42. The maximum atomic E-state index is 10.3. The lowest BCUT2D eigenvalue weighted by atomic mass is 10.0. The highest BCUT2D eigenvalue weighted by molar-refractivity contribution is 5.83. The van der Waals surface area contributed by atoms with E-state index in [1.165, 1.54) is 12.7 Å². The molecule has 9 nitrogen and oxygen atoms in total. The molecule has 3 aromatic rings. The zero-order valence-corrected chi connectivity index (χ0v) is 16.1. The van der Waals surface area contributed by atoms with Gasteiger partial charge in [-0.25, -0.2) is 15.0 Å². The van der Waals surface area contributed by atoms with Gasteiger partial charge in [-0.1, -0.05) is 43.7 Å². The topological polar surface area (TPSA) is 126 Å². The Bertz CT molecular complexity index is 950. The number of nitrogens with one attached hydrogen (secondary N) is 1. The normalized spacial score (nSPS) is 25.4. The second-order valence-corrected chi connectivity index (χ2v) is 7.17. The van der Waals surface area contributed by atoms with Crippen LogP contribution in [0.5, 0.6) is 0 Å². The molecule has 154 valence electrons. The summed E-state index contributed by atoms with van der Waals surface area (Å²) in [5.74, 6) is 0.586. The van der Waals surface area contributed by atoms with Gasteiger partial charge >= 0.3 is 0 Å². The number of hydrogen-bond donors (Lipinski definition) is 4. The summed E-state index contributed by atoms with van der Waals surface area (Å²) in [6.45, 7) is 1.74. The Hall–Kier alpha value is -2.59. The van der Waals surface area contributed by atoms with Crippen molar-refractivity contribution in [3.05, 3.63) is 48.5 Å². The zero-order chi connectivity index (χ0) is 20.4. The number of fused-ring (bicyclic) bond motifs is 1. The number of aliphatic hydroxyl groups is 3.